The molecule has 1 aliphatic heterocycles. The van der Waals surface area contributed by atoms with Crippen molar-refractivity contribution in [3.8, 4) is 5.75 Å². The lowest BCUT2D eigenvalue weighted by Crippen LogP contribution is -2.32. The molecule has 0 N–H and O–H groups in total. The Morgan fingerprint density at radius 1 is 1.25 bits per heavy atom. The monoisotopic (exact) mass is 291 g/mol. The highest BCUT2D eigenvalue weighted by Crippen LogP contribution is 2.32. The molecule has 4 heteroatoms. The van der Waals surface area contributed by atoms with Gasteiger partial charge in [-0.3, -0.25) is 4.79 Å². The third-order valence-corrected chi connectivity index (χ3v) is 4.98. The molecule has 2 aliphatic rings. The van der Waals surface area contributed by atoms with E-state index >= 15 is 0 Å². The molecule has 2 fully saturated rings. The lowest BCUT2D eigenvalue weighted by Gasteiger charge is -2.17. The highest BCUT2D eigenvalue weighted by molar-refractivity contribution is 7.99. The van der Waals surface area contributed by atoms with Gasteiger partial charge in [0.15, 0.2) is 0 Å². The van der Waals surface area contributed by atoms with E-state index in [9.17, 15) is 4.79 Å². The zero-order chi connectivity index (χ0) is 13.8. The maximum atomic E-state index is 12.1. The number of thioether (sulfide) groups is 1. The van der Waals surface area contributed by atoms with Gasteiger partial charge in [-0.25, -0.2) is 0 Å². The Labute approximate surface area is 124 Å². The predicted octanol–water partition coefficient (Wildman–Crippen LogP) is 2.81. The number of amides is 1. The lowest BCUT2D eigenvalue weighted by molar-refractivity contribution is -0.127. The largest absolute Gasteiger partial charge is 0.489 e. The van der Waals surface area contributed by atoms with Crippen molar-refractivity contribution in [2.45, 2.75) is 25.4 Å². The molecule has 1 saturated carbocycles. The first-order valence-corrected chi connectivity index (χ1v) is 8.54. The number of carbonyl (C=O) groups excluding carboxylic acids is 1. The van der Waals surface area contributed by atoms with Crippen molar-refractivity contribution >= 4 is 17.7 Å². The number of hydrogen-bond donors (Lipinski definition) is 0. The zero-order valence-electron chi connectivity index (χ0n) is 11.7. The molecule has 3 rings (SSSR count). The summed E-state index contributed by atoms with van der Waals surface area (Å²) >= 11 is 1.79. The fourth-order valence-corrected chi connectivity index (χ4v) is 3.57. The maximum absolute atomic E-state index is 12.1. The molecular weight excluding hydrogens is 270 g/mol. The second-order valence-corrected chi connectivity index (χ2v) is 6.67. The Hall–Kier alpha value is -1.16. The van der Waals surface area contributed by atoms with E-state index in [-0.39, 0.29) is 12.0 Å². The van der Waals surface area contributed by atoms with Crippen LogP contribution in [0.15, 0.2) is 30.3 Å². The van der Waals surface area contributed by atoms with Crippen LogP contribution in [0.5, 0.6) is 5.75 Å². The minimum absolute atomic E-state index is 0.148. The Kier molecular flexibility index (Phi) is 4.51. The van der Waals surface area contributed by atoms with Gasteiger partial charge in [0.2, 0.25) is 5.91 Å². The van der Waals surface area contributed by atoms with Crippen molar-refractivity contribution in [2.24, 2.45) is 5.92 Å². The Morgan fingerprint density at radius 3 is 2.80 bits per heavy atom. The van der Waals surface area contributed by atoms with Gasteiger partial charge in [-0.1, -0.05) is 18.2 Å². The topological polar surface area (TPSA) is 29.5 Å². The van der Waals surface area contributed by atoms with E-state index in [2.05, 4.69) is 0 Å². The van der Waals surface area contributed by atoms with Crippen molar-refractivity contribution in [3.63, 3.8) is 0 Å². The van der Waals surface area contributed by atoms with Crippen LogP contribution in [0.4, 0.5) is 0 Å². The number of para-hydroxylation sites is 1. The molecule has 1 aromatic rings. The van der Waals surface area contributed by atoms with Gasteiger partial charge < -0.3 is 9.64 Å². The summed E-state index contributed by atoms with van der Waals surface area (Å²) in [4.78, 5) is 14.0. The Morgan fingerprint density at radius 2 is 2.05 bits per heavy atom. The normalized spacial score (nSPS) is 22.0. The number of hydrogen-bond acceptors (Lipinski definition) is 3. The SMILES string of the molecule is O=C(CSCC1CC1)N1CC[C@@H](Oc2ccccc2)C1. The Balaban J connectivity index is 1.40. The summed E-state index contributed by atoms with van der Waals surface area (Å²) in [5.74, 6) is 3.85. The third-order valence-electron chi connectivity index (χ3n) is 3.82. The van der Waals surface area contributed by atoms with Crippen LogP contribution in [0.25, 0.3) is 0 Å². The van der Waals surface area contributed by atoms with Gasteiger partial charge in [0.05, 0.1) is 12.3 Å². The van der Waals surface area contributed by atoms with Gasteiger partial charge in [-0.2, -0.15) is 11.8 Å². The van der Waals surface area contributed by atoms with E-state index in [1.165, 1.54) is 12.8 Å². The number of likely N-dealkylation sites (tertiary alicyclic amines) is 1. The molecule has 0 spiro atoms. The summed E-state index contributed by atoms with van der Waals surface area (Å²) in [6.07, 6.45) is 3.80. The Bertz CT molecular complexity index is 447. The van der Waals surface area contributed by atoms with Crippen molar-refractivity contribution in [1.29, 1.82) is 0 Å². The molecule has 1 atom stereocenters. The maximum Gasteiger partial charge on any atom is 0.232 e. The zero-order valence-corrected chi connectivity index (χ0v) is 12.5. The van der Waals surface area contributed by atoms with Gasteiger partial charge in [0.25, 0.3) is 0 Å². The molecule has 1 amide bonds. The number of rotatable bonds is 6. The summed E-state index contributed by atoms with van der Waals surface area (Å²) in [7, 11) is 0. The molecular formula is C16H21NO2S. The predicted molar refractivity (Wildman–Crippen MR) is 82.1 cm³/mol. The molecule has 0 bridgehead atoms. The smallest absolute Gasteiger partial charge is 0.232 e. The standard InChI is InChI=1S/C16H21NO2S/c18-16(12-20-11-13-6-7-13)17-9-8-15(10-17)19-14-4-2-1-3-5-14/h1-5,13,15H,6-12H2/t15-/m1/s1. The average Bonchev–Trinajstić information content (AvgIpc) is 3.17. The van der Waals surface area contributed by atoms with Crippen LogP contribution in [0, 0.1) is 5.92 Å². The molecule has 108 valence electrons. The van der Waals surface area contributed by atoms with Gasteiger partial charge in [0.1, 0.15) is 11.9 Å². The molecule has 0 unspecified atom stereocenters. The molecule has 0 aromatic heterocycles. The average molecular weight is 291 g/mol. The van der Waals surface area contributed by atoms with Crippen LogP contribution in [0.1, 0.15) is 19.3 Å². The van der Waals surface area contributed by atoms with Crippen LogP contribution < -0.4 is 4.74 Å². The van der Waals surface area contributed by atoms with Crippen molar-refractivity contribution < 1.29 is 9.53 Å². The van der Waals surface area contributed by atoms with Crippen LogP contribution in [0.3, 0.4) is 0 Å². The highest BCUT2D eigenvalue weighted by Gasteiger charge is 2.28. The minimum atomic E-state index is 0.148. The van der Waals surface area contributed by atoms with Crippen molar-refractivity contribution in [3.05, 3.63) is 30.3 Å². The lowest BCUT2D eigenvalue weighted by atomic mass is 10.3. The van der Waals surface area contributed by atoms with E-state index in [1.54, 1.807) is 11.8 Å². The van der Waals surface area contributed by atoms with Gasteiger partial charge in [-0.15, -0.1) is 0 Å². The molecule has 1 heterocycles. The number of benzene rings is 1. The summed E-state index contributed by atoms with van der Waals surface area (Å²) in [6, 6.07) is 9.86. The second-order valence-electron chi connectivity index (χ2n) is 5.64. The van der Waals surface area contributed by atoms with Gasteiger partial charge >= 0.3 is 0 Å². The molecule has 20 heavy (non-hydrogen) atoms. The van der Waals surface area contributed by atoms with Crippen molar-refractivity contribution in [2.75, 3.05) is 24.6 Å². The summed E-state index contributed by atoms with van der Waals surface area (Å²) < 4.78 is 5.91. The fourth-order valence-electron chi connectivity index (χ4n) is 2.43. The first-order valence-electron chi connectivity index (χ1n) is 7.38. The first kappa shape index (κ1) is 13.8. The van der Waals surface area contributed by atoms with E-state index in [0.29, 0.717) is 5.75 Å². The van der Waals surface area contributed by atoms with Crippen LogP contribution in [-0.4, -0.2) is 41.5 Å². The van der Waals surface area contributed by atoms with Crippen LogP contribution in [0.2, 0.25) is 0 Å². The second kappa shape index (κ2) is 6.53. The van der Waals surface area contributed by atoms with E-state index in [4.69, 9.17) is 4.74 Å². The summed E-state index contributed by atoms with van der Waals surface area (Å²) in [6.45, 7) is 1.57. The first-order chi connectivity index (χ1) is 9.81. The molecule has 0 radical (unpaired) electrons. The van der Waals surface area contributed by atoms with Gasteiger partial charge in [0, 0.05) is 13.0 Å². The number of nitrogens with zero attached hydrogens (tertiary/aromatic N) is 1. The quantitative estimate of drug-likeness (QED) is 0.807. The minimum Gasteiger partial charge on any atom is -0.489 e. The molecule has 1 aromatic carbocycles. The van der Waals surface area contributed by atoms with E-state index in [0.717, 1.165) is 36.9 Å². The molecule has 1 saturated heterocycles. The number of carbonyl (C=O) groups is 1. The molecule has 3 nitrogen and oxygen atoms in total. The van der Waals surface area contributed by atoms with Crippen LogP contribution >= 0.6 is 11.8 Å². The van der Waals surface area contributed by atoms with E-state index < -0.39 is 0 Å². The van der Waals surface area contributed by atoms with Crippen molar-refractivity contribution in [1.82, 2.24) is 4.90 Å². The molecule has 1 aliphatic carbocycles. The number of ether oxygens (including phenoxy) is 1. The van der Waals surface area contributed by atoms with Gasteiger partial charge in [-0.05, 0) is 36.6 Å². The fraction of sp³-hybridized carbons (Fsp3) is 0.562. The van der Waals surface area contributed by atoms with Crippen LogP contribution in [-0.2, 0) is 4.79 Å². The summed E-state index contributed by atoms with van der Waals surface area (Å²) in [5.41, 5.74) is 0. The van der Waals surface area contributed by atoms with E-state index in [1.807, 2.05) is 35.2 Å². The highest BCUT2D eigenvalue weighted by atomic mass is 32.2. The summed E-state index contributed by atoms with van der Waals surface area (Å²) in [5, 5.41) is 0. The third kappa shape index (κ3) is 3.92.